The van der Waals surface area contributed by atoms with E-state index in [4.69, 9.17) is 11.5 Å². The van der Waals surface area contributed by atoms with E-state index in [1.165, 1.54) is 4.68 Å². The second-order valence-electron chi connectivity index (χ2n) is 3.90. The summed E-state index contributed by atoms with van der Waals surface area (Å²) in [5.41, 5.74) is 13.1. The van der Waals surface area contributed by atoms with Gasteiger partial charge in [-0.3, -0.25) is 9.78 Å². The highest BCUT2D eigenvalue weighted by atomic mass is 16.1. The molecule has 0 bridgehead atoms. The molecule has 7 heteroatoms. The standard InChI is InChI=1S/C11H14N6O/c12-4-9-6-17(16-15-9)7-10(18)3-8-5-14-2-1-11(8)13/h1-2,5-6H,3-4,7,12H2,(H2,13,14). The fourth-order valence-corrected chi connectivity index (χ4v) is 1.54. The molecule has 0 unspecified atom stereocenters. The van der Waals surface area contributed by atoms with Gasteiger partial charge in [-0.25, -0.2) is 4.68 Å². The summed E-state index contributed by atoms with van der Waals surface area (Å²) in [6.07, 6.45) is 5.08. The first-order chi connectivity index (χ1) is 8.69. The molecule has 0 aromatic carbocycles. The molecule has 0 aliphatic carbocycles. The number of ketones is 1. The van der Waals surface area contributed by atoms with E-state index in [1.807, 2.05) is 0 Å². The van der Waals surface area contributed by atoms with E-state index in [0.29, 0.717) is 17.9 Å². The van der Waals surface area contributed by atoms with Crippen molar-refractivity contribution in [3.8, 4) is 0 Å². The molecule has 0 spiro atoms. The maximum atomic E-state index is 11.8. The van der Waals surface area contributed by atoms with Gasteiger partial charge in [0.05, 0.1) is 11.9 Å². The first kappa shape index (κ1) is 12.2. The summed E-state index contributed by atoms with van der Waals surface area (Å²) in [7, 11) is 0. The molecular weight excluding hydrogens is 232 g/mol. The Kier molecular flexibility index (Phi) is 3.63. The van der Waals surface area contributed by atoms with Gasteiger partial charge in [0.15, 0.2) is 5.78 Å². The van der Waals surface area contributed by atoms with Gasteiger partial charge < -0.3 is 11.5 Å². The van der Waals surface area contributed by atoms with Gasteiger partial charge in [0.1, 0.15) is 6.54 Å². The van der Waals surface area contributed by atoms with Crippen LogP contribution in [-0.2, 0) is 24.3 Å². The topological polar surface area (TPSA) is 113 Å². The number of aromatic nitrogens is 4. The normalized spacial score (nSPS) is 10.5. The Morgan fingerprint density at radius 2 is 2.28 bits per heavy atom. The molecule has 2 aromatic heterocycles. The average Bonchev–Trinajstić information content (AvgIpc) is 2.80. The third-order valence-corrected chi connectivity index (χ3v) is 2.46. The summed E-state index contributed by atoms with van der Waals surface area (Å²) in [5, 5.41) is 7.62. The number of Topliss-reactive ketones (excluding diaryl/α,β-unsaturated/α-hetero) is 1. The zero-order valence-corrected chi connectivity index (χ0v) is 9.78. The number of carbonyl (C=O) groups excluding carboxylic acids is 1. The van der Waals surface area contributed by atoms with E-state index in [2.05, 4.69) is 15.3 Å². The van der Waals surface area contributed by atoms with Crippen LogP contribution in [-0.4, -0.2) is 25.8 Å². The first-order valence-electron chi connectivity index (χ1n) is 5.48. The minimum atomic E-state index is -0.0110. The van der Waals surface area contributed by atoms with E-state index in [0.717, 1.165) is 5.56 Å². The molecule has 0 fully saturated rings. The maximum absolute atomic E-state index is 11.8. The molecule has 4 N–H and O–H groups in total. The number of pyridine rings is 1. The number of nitrogens with two attached hydrogens (primary N) is 2. The van der Waals surface area contributed by atoms with E-state index >= 15 is 0 Å². The van der Waals surface area contributed by atoms with E-state index in [1.54, 1.807) is 24.7 Å². The molecular formula is C11H14N6O. The fourth-order valence-electron chi connectivity index (χ4n) is 1.54. The van der Waals surface area contributed by atoms with Crippen molar-refractivity contribution in [3.05, 3.63) is 35.9 Å². The third kappa shape index (κ3) is 2.89. The van der Waals surface area contributed by atoms with Crippen LogP contribution < -0.4 is 11.5 Å². The van der Waals surface area contributed by atoms with Crippen molar-refractivity contribution in [1.29, 1.82) is 0 Å². The summed E-state index contributed by atoms with van der Waals surface area (Å²) in [6.45, 7) is 0.463. The monoisotopic (exact) mass is 246 g/mol. The fraction of sp³-hybridized carbons (Fsp3) is 0.273. The zero-order valence-electron chi connectivity index (χ0n) is 9.78. The van der Waals surface area contributed by atoms with Gasteiger partial charge in [-0.15, -0.1) is 5.10 Å². The lowest BCUT2D eigenvalue weighted by Gasteiger charge is -2.03. The van der Waals surface area contributed by atoms with Gasteiger partial charge in [-0.05, 0) is 6.07 Å². The number of nitrogens with zero attached hydrogens (tertiary/aromatic N) is 4. The molecule has 0 aliphatic heterocycles. The molecule has 0 saturated carbocycles. The Morgan fingerprint density at radius 3 is 2.94 bits per heavy atom. The molecule has 2 aromatic rings. The van der Waals surface area contributed by atoms with Crippen molar-refractivity contribution >= 4 is 11.5 Å². The van der Waals surface area contributed by atoms with Crippen molar-refractivity contribution in [3.63, 3.8) is 0 Å². The molecule has 0 amide bonds. The van der Waals surface area contributed by atoms with E-state index in [-0.39, 0.29) is 18.7 Å². The number of hydrogen-bond acceptors (Lipinski definition) is 6. The molecule has 7 nitrogen and oxygen atoms in total. The largest absolute Gasteiger partial charge is 0.398 e. The van der Waals surface area contributed by atoms with Gasteiger partial charge in [0.25, 0.3) is 0 Å². The molecule has 2 heterocycles. The van der Waals surface area contributed by atoms with Crippen molar-refractivity contribution in [2.75, 3.05) is 5.73 Å². The predicted octanol–water partition coefficient (Wildman–Crippen LogP) is -0.474. The second kappa shape index (κ2) is 5.37. The minimum absolute atomic E-state index is 0.0110. The van der Waals surface area contributed by atoms with Gasteiger partial charge in [0, 0.05) is 36.6 Å². The maximum Gasteiger partial charge on any atom is 0.158 e. The van der Waals surface area contributed by atoms with Crippen LogP contribution in [0.2, 0.25) is 0 Å². The highest BCUT2D eigenvalue weighted by Crippen LogP contribution is 2.09. The molecule has 0 radical (unpaired) electrons. The summed E-state index contributed by atoms with van der Waals surface area (Å²) in [6, 6.07) is 1.67. The quantitative estimate of drug-likeness (QED) is 0.737. The van der Waals surface area contributed by atoms with Gasteiger partial charge in [0.2, 0.25) is 0 Å². The van der Waals surface area contributed by atoms with Crippen LogP contribution in [0.15, 0.2) is 24.7 Å². The molecule has 0 saturated heterocycles. The number of hydrogen-bond donors (Lipinski definition) is 2. The second-order valence-corrected chi connectivity index (χ2v) is 3.90. The van der Waals surface area contributed by atoms with Gasteiger partial charge in [-0.2, -0.15) is 0 Å². The van der Waals surface area contributed by atoms with Crippen LogP contribution in [0.5, 0.6) is 0 Å². The van der Waals surface area contributed by atoms with Crippen molar-refractivity contribution < 1.29 is 4.79 Å². The SMILES string of the molecule is NCc1cn(CC(=O)Cc2cnccc2N)nn1. The lowest BCUT2D eigenvalue weighted by Crippen LogP contribution is -2.14. The number of nitrogen functional groups attached to an aromatic ring is 1. The Hall–Kier alpha value is -2.28. The third-order valence-electron chi connectivity index (χ3n) is 2.46. The smallest absolute Gasteiger partial charge is 0.158 e. The van der Waals surface area contributed by atoms with Crippen LogP contribution in [0.3, 0.4) is 0 Å². The number of carbonyl (C=O) groups is 1. The summed E-state index contributed by atoms with van der Waals surface area (Å²) in [5.74, 6) is -0.0110. The lowest BCUT2D eigenvalue weighted by atomic mass is 10.1. The van der Waals surface area contributed by atoms with Crippen molar-refractivity contribution in [1.82, 2.24) is 20.0 Å². The highest BCUT2D eigenvalue weighted by molar-refractivity contribution is 5.81. The molecule has 18 heavy (non-hydrogen) atoms. The average molecular weight is 246 g/mol. The Morgan fingerprint density at radius 1 is 1.44 bits per heavy atom. The zero-order chi connectivity index (χ0) is 13.0. The summed E-state index contributed by atoms with van der Waals surface area (Å²) >= 11 is 0. The van der Waals surface area contributed by atoms with Crippen molar-refractivity contribution in [2.45, 2.75) is 19.5 Å². The van der Waals surface area contributed by atoms with E-state index in [9.17, 15) is 4.79 Å². The van der Waals surface area contributed by atoms with Crippen LogP contribution in [0, 0.1) is 0 Å². The Bertz CT molecular complexity index is 550. The highest BCUT2D eigenvalue weighted by Gasteiger charge is 2.09. The molecule has 94 valence electrons. The van der Waals surface area contributed by atoms with Gasteiger partial charge >= 0.3 is 0 Å². The lowest BCUT2D eigenvalue weighted by molar-refractivity contribution is -0.119. The molecule has 0 atom stereocenters. The van der Waals surface area contributed by atoms with Crippen LogP contribution >= 0.6 is 0 Å². The van der Waals surface area contributed by atoms with Crippen LogP contribution in [0.1, 0.15) is 11.3 Å². The van der Waals surface area contributed by atoms with Gasteiger partial charge in [-0.1, -0.05) is 5.21 Å². The predicted molar refractivity (Wildman–Crippen MR) is 65.3 cm³/mol. The van der Waals surface area contributed by atoms with Crippen molar-refractivity contribution in [2.24, 2.45) is 5.73 Å². The number of anilines is 1. The molecule has 0 aliphatic rings. The van der Waals surface area contributed by atoms with E-state index < -0.39 is 0 Å². The molecule has 2 rings (SSSR count). The first-order valence-corrected chi connectivity index (χ1v) is 5.48. The summed E-state index contributed by atoms with van der Waals surface area (Å²) in [4.78, 5) is 15.8. The Balaban J connectivity index is 1.99. The van der Waals surface area contributed by atoms with Crippen LogP contribution in [0.25, 0.3) is 0 Å². The van der Waals surface area contributed by atoms with Crippen LogP contribution in [0.4, 0.5) is 5.69 Å². The Labute approximate surface area is 104 Å². The number of rotatable bonds is 5. The summed E-state index contributed by atoms with van der Waals surface area (Å²) < 4.78 is 1.47. The minimum Gasteiger partial charge on any atom is -0.398 e.